The lowest BCUT2D eigenvalue weighted by Crippen LogP contribution is -2.31. The standard InChI is InChI=1S/C21H20BrClN4/c1-2-18-12-20(26-21(24-18)25-19-5-3-4-17(23)11-19)27-9-8-14-10-16(22)7-6-15(14)13-27/h3-7,10-12H,2,8-9,13H2,1H3,(H,24,25,26). The molecule has 0 atom stereocenters. The van der Waals surface area contributed by atoms with Crippen molar-refractivity contribution in [1.82, 2.24) is 9.97 Å². The fourth-order valence-electron chi connectivity index (χ4n) is 3.29. The average molecular weight is 444 g/mol. The number of anilines is 3. The number of halogens is 2. The van der Waals surface area contributed by atoms with Gasteiger partial charge in [-0.1, -0.05) is 46.6 Å². The summed E-state index contributed by atoms with van der Waals surface area (Å²) in [6.45, 7) is 3.91. The summed E-state index contributed by atoms with van der Waals surface area (Å²) in [5.41, 5.74) is 4.66. The van der Waals surface area contributed by atoms with E-state index in [1.54, 1.807) is 0 Å². The molecule has 0 unspecified atom stereocenters. The smallest absolute Gasteiger partial charge is 0.229 e. The lowest BCUT2D eigenvalue weighted by atomic mass is 10.00. The Morgan fingerprint density at radius 2 is 2.00 bits per heavy atom. The van der Waals surface area contributed by atoms with Gasteiger partial charge in [0.15, 0.2) is 0 Å². The first kappa shape index (κ1) is 18.3. The second kappa shape index (κ2) is 7.87. The Morgan fingerprint density at radius 1 is 1.11 bits per heavy atom. The Bertz CT molecular complexity index is 976. The van der Waals surface area contributed by atoms with E-state index < -0.39 is 0 Å². The molecule has 27 heavy (non-hydrogen) atoms. The maximum atomic E-state index is 6.09. The zero-order valence-corrected chi connectivity index (χ0v) is 17.4. The number of fused-ring (bicyclic) bond motifs is 1. The summed E-state index contributed by atoms with van der Waals surface area (Å²) in [6, 6.07) is 16.2. The zero-order chi connectivity index (χ0) is 18.8. The second-order valence-corrected chi connectivity index (χ2v) is 7.97. The maximum Gasteiger partial charge on any atom is 0.229 e. The molecule has 0 fully saturated rings. The minimum absolute atomic E-state index is 0.605. The van der Waals surface area contributed by atoms with Crippen LogP contribution in [0.5, 0.6) is 0 Å². The first-order chi connectivity index (χ1) is 13.1. The van der Waals surface area contributed by atoms with Crippen molar-refractivity contribution in [3.8, 4) is 0 Å². The lowest BCUT2D eigenvalue weighted by Gasteiger charge is -2.30. The Kier molecular flexibility index (Phi) is 5.32. The number of hydrogen-bond acceptors (Lipinski definition) is 4. The van der Waals surface area contributed by atoms with Gasteiger partial charge in [-0.25, -0.2) is 4.98 Å². The Balaban J connectivity index is 1.62. The number of benzene rings is 2. The molecule has 0 amide bonds. The minimum Gasteiger partial charge on any atom is -0.352 e. The Morgan fingerprint density at radius 3 is 2.81 bits per heavy atom. The topological polar surface area (TPSA) is 41.1 Å². The third-order valence-corrected chi connectivity index (χ3v) is 5.44. The van der Waals surface area contributed by atoms with E-state index in [1.165, 1.54) is 11.1 Å². The molecule has 0 radical (unpaired) electrons. The molecule has 4 rings (SSSR count). The van der Waals surface area contributed by atoms with Crippen molar-refractivity contribution in [2.45, 2.75) is 26.3 Å². The molecular weight excluding hydrogens is 424 g/mol. The molecule has 1 aliphatic heterocycles. The molecular formula is C21H20BrClN4. The van der Waals surface area contributed by atoms with Crippen molar-refractivity contribution in [3.63, 3.8) is 0 Å². The molecule has 3 aromatic rings. The van der Waals surface area contributed by atoms with Crippen molar-refractivity contribution in [1.29, 1.82) is 0 Å². The van der Waals surface area contributed by atoms with E-state index in [0.29, 0.717) is 11.0 Å². The van der Waals surface area contributed by atoms with Gasteiger partial charge in [0.05, 0.1) is 0 Å². The highest BCUT2D eigenvalue weighted by Gasteiger charge is 2.19. The Hall–Kier alpha value is -2.11. The molecule has 2 heterocycles. The molecule has 0 bridgehead atoms. The van der Waals surface area contributed by atoms with Crippen LogP contribution in [0.25, 0.3) is 0 Å². The first-order valence-corrected chi connectivity index (χ1v) is 10.2. The van der Waals surface area contributed by atoms with Gasteiger partial charge in [0, 0.05) is 40.0 Å². The van der Waals surface area contributed by atoms with Crippen LogP contribution in [0.15, 0.2) is 53.0 Å². The second-order valence-electron chi connectivity index (χ2n) is 6.61. The first-order valence-electron chi connectivity index (χ1n) is 9.03. The SMILES string of the molecule is CCc1cc(N2CCc3cc(Br)ccc3C2)nc(Nc2cccc(Cl)c2)n1. The molecule has 0 saturated carbocycles. The highest BCUT2D eigenvalue weighted by atomic mass is 79.9. The van der Waals surface area contributed by atoms with Gasteiger partial charge in [-0.15, -0.1) is 0 Å². The summed E-state index contributed by atoms with van der Waals surface area (Å²) in [7, 11) is 0. The predicted molar refractivity (Wildman–Crippen MR) is 115 cm³/mol. The molecule has 0 aliphatic carbocycles. The van der Waals surface area contributed by atoms with Crippen LogP contribution in [0, 0.1) is 0 Å². The van der Waals surface area contributed by atoms with Crippen LogP contribution in [-0.4, -0.2) is 16.5 Å². The quantitative estimate of drug-likeness (QED) is 0.556. The molecule has 4 nitrogen and oxygen atoms in total. The number of hydrogen-bond donors (Lipinski definition) is 1. The molecule has 1 N–H and O–H groups in total. The zero-order valence-electron chi connectivity index (χ0n) is 15.0. The van der Waals surface area contributed by atoms with E-state index in [9.17, 15) is 0 Å². The van der Waals surface area contributed by atoms with E-state index >= 15 is 0 Å². The summed E-state index contributed by atoms with van der Waals surface area (Å²) in [4.78, 5) is 11.7. The van der Waals surface area contributed by atoms with Gasteiger partial charge >= 0.3 is 0 Å². The molecule has 6 heteroatoms. The van der Waals surface area contributed by atoms with Gasteiger partial charge < -0.3 is 10.2 Å². The number of aromatic nitrogens is 2. The normalized spacial score (nSPS) is 13.4. The van der Waals surface area contributed by atoms with Crippen LogP contribution in [0.2, 0.25) is 5.02 Å². The van der Waals surface area contributed by atoms with E-state index in [-0.39, 0.29) is 0 Å². The van der Waals surface area contributed by atoms with Gasteiger partial charge in [0.1, 0.15) is 5.82 Å². The van der Waals surface area contributed by atoms with E-state index in [0.717, 1.165) is 47.6 Å². The number of nitrogens with one attached hydrogen (secondary N) is 1. The number of nitrogens with zero attached hydrogens (tertiary/aromatic N) is 3. The molecule has 1 aromatic heterocycles. The Labute approximate surface area is 172 Å². The van der Waals surface area contributed by atoms with Crippen molar-refractivity contribution in [2.24, 2.45) is 0 Å². The molecule has 1 aliphatic rings. The third-order valence-electron chi connectivity index (χ3n) is 4.71. The van der Waals surface area contributed by atoms with Crippen LogP contribution in [0.1, 0.15) is 23.7 Å². The maximum absolute atomic E-state index is 6.09. The monoisotopic (exact) mass is 442 g/mol. The summed E-state index contributed by atoms with van der Waals surface area (Å²) in [6.07, 6.45) is 1.87. The molecule has 2 aromatic carbocycles. The predicted octanol–water partition coefficient (Wildman–Crippen LogP) is 5.76. The lowest BCUT2D eigenvalue weighted by molar-refractivity contribution is 0.718. The molecule has 0 saturated heterocycles. The summed E-state index contributed by atoms with van der Waals surface area (Å²) in [5, 5.41) is 3.97. The van der Waals surface area contributed by atoms with Crippen molar-refractivity contribution in [2.75, 3.05) is 16.8 Å². The van der Waals surface area contributed by atoms with Gasteiger partial charge in [0.2, 0.25) is 5.95 Å². The van der Waals surface area contributed by atoms with Gasteiger partial charge in [0.25, 0.3) is 0 Å². The van der Waals surface area contributed by atoms with E-state index in [1.807, 2.05) is 24.3 Å². The summed E-state index contributed by atoms with van der Waals surface area (Å²) >= 11 is 9.65. The number of aryl methyl sites for hydroxylation is 1. The third kappa shape index (κ3) is 4.25. The van der Waals surface area contributed by atoms with Gasteiger partial charge in [-0.3, -0.25) is 0 Å². The van der Waals surface area contributed by atoms with Gasteiger partial charge in [-0.05, 0) is 54.3 Å². The average Bonchev–Trinajstić information content (AvgIpc) is 2.67. The highest BCUT2D eigenvalue weighted by Crippen LogP contribution is 2.27. The van der Waals surface area contributed by atoms with Crippen molar-refractivity contribution in [3.05, 3.63) is 74.8 Å². The van der Waals surface area contributed by atoms with Crippen LogP contribution in [0.4, 0.5) is 17.5 Å². The van der Waals surface area contributed by atoms with E-state index in [4.69, 9.17) is 16.6 Å². The van der Waals surface area contributed by atoms with Crippen LogP contribution in [-0.2, 0) is 19.4 Å². The largest absolute Gasteiger partial charge is 0.352 e. The fraction of sp³-hybridized carbons (Fsp3) is 0.238. The van der Waals surface area contributed by atoms with Crippen LogP contribution < -0.4 is 10.2 Å². The molecule has 138 valence electrons. The van der Waals surface area contributed by atoms with Gasteiger partial charge in [-0.2, -0.15) is 4.98 Å². The highest BCUT2D eigenvalue weighted by molar-refractivity contribution is 9.10. The summed E-state index contributed by atoms with van der Waals surface area (Å²) in [5.74, 6) is 1.56. The minimum atomic E-state index is 0.605. The summed E-state index contributed by atoms with van der Waals surface area (Å²) < 4.78 is 1.14. The van der Waals surface area contributed by atoms with Crippen LogP contribution >= 0.6 is 27.5 Å². The number of rotatable bonds is 4. The van der Waals surface area contributed by atoms with Crippen LogP contribution in [0.3, 0.4) is 0 Å². The fourth-order valence-corrected chi connectivity index (χ4v) is 3.89. The van der Waals surface area contributed by atoms with Crippen molar-refractivity contribution >= 4 is 45.0 Å². The van der Waals surface area contributed by atoms with Crippen molar-refractivity contribution < 1.29 is 0 Å². The van der Waals surface area contributed by atoms with E-state index in [2.05, 4.69) is 62.3 Å². The molecule has 0 spiro atoms.